The number of nitrogens with zero attached hydrogens (tertiary/aromatic N) is 1. The predicted molar refractivity (Wildman–Crippen MR) is 94.0 cm³/mol. The number of hydrogen-bond donors (Lipinski definition) is 3. The largest absolute Gasteiger partial charge is 0.390 e. The molecule has 124 valence electrons. The lowest BCUT2D eigenvalue weighted by Crippen LogP contribution is -2.32. The van der Waals surface area contributed by atoms with E-state index in [2.05, 4.69) is 5.32 Å². The second-order valence-corrected chi connectivity index (χ2v) is 6.59. The zero-order chi connectivity index (χ0) is 15.9. The summed E-state index contributed by atoms with van der Waals surface area (Å²) in [7, 11) is 0. The van der Waals surface area contributed by atoms with Gasteiger partial charge in [0.1, 0.15) is 0 Å². The van der Waals surface area contributed by atoms with Crippen molar-refractivity contribution >= 4 is 58.7 Å². The number of thioether (sulfide) groups is 1. The summed E-state index contributed by atoms with van der Waals surface area (Å²) in [5, 5.41) is 12.2. The molecular formula is C14H15Cl2N3O3S. The number of aliphatic hydroxyl groups excluding tert-OH is 1. The van der Waals surface area contributed by atoms with Crippen LogP contribution in [-0.4, -0.2) is 41.5 Å². The van der Waals surface area contributed by atoms with Crippen LogP contribution in [0.4, 0.5) is 10.5 Å². The van der Waals surface area contributed by atoms with Crippen LogP contribution in [0, 0.1) is 0 Å². The molecule has 3 rings (SSSR count). The molecule has 2 heterocycles. The number of imide groups is 1. The number of halogens is 2. The molecule has 0 saturated carbocycles. The Morgan fingerprint density at radius 1 is 1.39 bits per heavy atom. The van der Waals surface area contributed by atoms with E-state index >= 15 is 0 Å². The first-order valence-corrected chi connectivity index (χ1v) is 7.87. The van der Waals surface area contributed by atoms with E-state index in [1.165, 1.54) is 0 Å². The van der Waals surface area contributed by atoms with Gasteiger partial charge in [-0.2, -0.15) is 0 Å². The van der Waals surface area contributed by atoms with Gasteiger partial charge in [-0.1, -0.05) is 23.7 Å². The minimum absolute atomic E-state index is 0. The molecule has 0 spiro atoms. The van der Waals surface area contributed by atoms with E-state index < -0.39 is 17.3 Å². The van der Waals surface area contributed by atoms with Crippen molar-refractivity contribution in [3.63, 3.8) is 0 Å². The van der Waals surface area contributed by atoms with Gasteiger partial charge in [-0.3, -0.25) is 14.9 Å². The predicted octanol–water partition coefficient (Wildman–Crippen LogP) is 1.59. The molecule has 2 atom stereocenters. The summed E-state index contributed by atoms with van der Waals surface area (Å²) in [6.45, 7) is 0.846. The Labute approximate surface area is 148 Å². The van der Waals surface area contributed by atoms with Gasteiger partial charge < -0.3 is 15.7 Å². The van der Waals surface area contributed by atoms with Crippen LogP contribution < -0.4 is 16.0 Å². The molecule has 2 aliphatic heterocycles. The summed E-state index contributed by atoms with van der Waals surface area (Å²) in [6.07, 6.45) is 1.00. The SMILES string of the molecule is Cl.N[C@H]1CN(c2c(Cl)cccc2/C=C2\SC(=O)NC2=O)C[C@@H]1O. The summed E-state index contributed by atoms with van der Waals surface area (Å²) in [4.78, 5) is 25.1. The van der Waals surface area contributed by atoms with Gasteiger partial charge >= 0.3 is 0 Å². The van der Waals surface area contributed by atoms with Gasteiger partial charge in [-0.05, 0) is 23.9 Å². The van der Waals surface area contributed by atoms with Crippen molar-refractivity contribution in [2.45, 2.75) is 12.1 Å². The fraction of sp³-hybridized carbons (Fsp3) is 0.286. The molecule has 23 heavy (non-hydrogen) atoms. The molecule has 0 bridgehead atoms. The first kappa shape index (κ1) is 18.1. The highest BCUT2D eigenvalue weighted by Crippen LogP contribution is 2.35. The molecular weight excluding hydrogens is 361 g/mol. The van der Waals surface area contributed by atoms with Crippen LogP contribution in [0.3, 0.4) is 0 Å². The Bertz CT molecular complexity index is 673. The van der Waals surface area contributed by atoms with Crippen LogP contribution in [0.2, 0.25) is 5.02 Å². The van der Waals surface area contributed by atoms with Gasteiger partial charge in [0.15, 0.2) is 0 Å². The van der Waals surface area contributed by atoms with Crippen LogP contribution in [0.1, 0.15) is 5.56 Å². The van der Waals surface area contributed by atoms with E-state index in [0.29, 0.717) is 34.3 Å². The third-order valence-corrected chi connectivity index (χ3v) is 4.71. The number of β-amino-alcohol motifs (C(OH)–C–C–N with tert-alkyl or cyclic N) is 1. The molecule has 6 nitrogen and oxygen atoms in total. The van der Waals surface area contributed by atoms with Crippen molar-refractivity contribution in [3.05, 3.63) is 33.7 Å². The highest BCUT2D eigenvalue weighted by atomic mass is 35.5. The normalized spacial score (nSPS) is 25.7. The van der Waals surface area contributed by atoms with Crippen molar-refractivity contribution < 1.29 is 14.7 Å². The van der Waals surface area contributed by atoms with Gasteiger partial charge in [0.2, 0.25) is 0 Å². The van der Waals surface area contributed by atoms with E-state index in [-0.39, 0.29) is 18.4 Å². The highest BCUT2D eigenvalue weighted by molar-refractivity contribution is 8.18. The van der Waals surface area contributed by atoms with Crippen LogP contribution in [0.15, 0.2) is 23.1 Å². The zero-order valence-electron chi connectivity index (χ0n) is 11.9. The molecule has 2 saturated heterocycles. The molecule has 4 N–H and O–H groups in total. The quantitative estimate of drug-likeness (QED) is 0.679. The number of carbonyl (C=O) groups excluding carboxylic acids is 2. The van der Waals surface area contributed by atoms with E-state index in [9.17, 15) is 14.7 Å². The van der Waals surface area contributed by atoms with E-state index in [0.717, 1.165) is 11.8 Å². The van der Waals surface area contributed by atoms with Crippen LogP contribution in [-0.2, 0) is 4.79 Å². The number of hydrogen-bond acceptors (Lipinski definition) is 6. The maximum absolute atomic E-state index is 11.7. The smallest absolute Gasteiger partial charge is 0.290 e. The number of nitrogens with one attached hydrogen (secondary N) is 1. The maximum atomic E-state index is 11.7. The number of anilines is 1. The summed E-state index contributed by atoms with van der Waals surface area (Å²) >= 11 is 7.14. The number of aliphatic hydroxyl groups is 1. The first-order chi connectivity index (χ1) is 10.5. The maximum Gasteiger partial charge on any atom is 0.290 e. The summed E-state index contributed by atoms with van der Waals surface area (Å²) < 4.78 is 0. The average molecular weight is 376 g/mol. The van der Waals surface area contributed by atoms with Crippen molar-refractivity contribution in [2.75, 3.05) is 18.0 Å². The average Bonchev–Trinajstić information content (AvgIpc) is 2.93. The lowest BCUT2D eigenvalue weighted by molar-refractivity contribution is -0.115. The molecule has 0 unspecified atom stereocenters. The topological polar surface area (TPSA) is 95.7 Å². The fourth-order valence-electron chi connectivity index (χ4n) is 2.54. The second kappa shape index (κ2) is 7.11. The minimum Gasteiger partial charge on any atom is -0.390 e. The lowest BCUT2D eigenvalue weighted by atomic mass is 10.1. The van der Waals surface area contributed by atoms with Gasteiger partial charge in [-0.25, -0.2) is 0 Å². The zero-order valence-corrected chi connectivity index (χ0v) is 14.2. The van der Waals surface area contributed by atoms with Gasteiger partial charge in [0.05, 0.1) is 21.7 Å². The van der Waals surface area contributed by atoms with Gasteiger partial charge in [-0.15, -0.1) is 12.4 Å². The van der Waals surface area contributed by atoms with E-state index in [1.807, 2.05) is 4.90 Å². The molecule has 2 aliphatic rings. The molecule has 0 aromatic heterocycles. The molecule has 1 aromatic carbocycles. The molecule has 0 aliphatic carbocycles. The van der Waals surface area contributed by atoms with Crippen molar-refractivity contribution in [1.29, 1.82) is 0 Å². The first-order valence-electron chi connectivity index (χ1n) is 6.67. The minimum atomic E-state index is -0.623. The Morgan fingerprint density at radius 3 is 2.70 bits per heavy atom. The number of rotatable bonds is 2. The van der Waals surface area contributed by atoms with Crippen molar-refractivity contribution in [1.82, 2.24) is 5.32 Å². The fourth-order valence-corrected chi connectivity index (χ4v) is 3.51. The molecule has 2 fully saturated rings. The number of benzene rings is 1. The van der Waals surface area contributed by atoms with E-state index in [4.69, 9.17) is 17.3 Å². The number of nitrogens with two attached hydrogens (primary N) is 1. The Hall–Kier alpha value is -1.25. The third-order valence-electron chi connectivity index (χ3n) is 3.60. The molecule has 2 amide bonds. The summed E-state index contributed by atoms with van der Waals surface area (Å²) in [5.41, 5.74) is 7.26. The summed E-state index contributed by atoms with van der Waals surface area (Å²) in [6, 6.07) is 4.97. The van der Waals surface area contributed by atoms with Crippen LogP contribution in [0.5, 0.6) is 0 Å². The number of amides is 2. The van der Waals surface area contributed by atoms with E-state index in [1.54, 1.807) is 24.3 Å². The van der Waals surface area contributed by atoms with Crippen LogP contribution >= 0.6 is 35.8 Å². The van der Waals surface area contributed by atoms with Crippen LogP contribution in [0.25, 0.3) is 6.08 Å². The summed E-state index contributed by atoms with van der Waals surface area (Å²) in [5.74, 6) is -0.418. The van der Waals surface area contributed by atoms with Gasteiger partial charge in [0.25, 0.3) is 11.1 Å². The van der Waals surface area contributed by atoms with Crippen molar-refractivity contribution in [3.8, 4) is 0 Å². The lowest BCUT2D eigenvalue weighted by Gasteiger charge is -2.22. The monoisotopic (exact) mass is 375 g/mol. The third kappa shape index (κ3) is 3.64. The Balaban J connectivity index is 0.00000192. The Kier molecular flexibility index (Phi) is 5.59. The molecule has 9 heteroatoms. The number of para-hydroxylation sites is 1. The number of carbonyl (C=O) groups is 2. The molecule has 0 radical (unpaired) electrons. The Morgan fingerprint density at radius 2 is 2.13 bits per heavy atom. The van der Waals surface area contributed by atoms with Crippen molar-refractivity contribution in [2.24, 2.45) is 5.73 Å². The molecule has 1 aromatic rings. The highest BCUT2D eigenvalue weighted by Gasteiger charge is 2.31. The standard InChI is InChI=1S/C14H14ClN3O3S.ClH/c15-8-3-1-2-7(4-11-13(20)17-14(21)22-11)12(8)18-5-9(16)10(19)6-18;/h1-4,9-10,19H,5-6,16H2,(H,17,20,21);1H/b11-4-;/t9-,10-;/m0./s1. The second-order valence-electron chi connectivity index (χ2n) is 5.17. The van der Waals surface area contributed by atoms with Gasteiger partial charge in [0, 0.05) is 24.7 Å².